The second-order valence-corrected chi connectivity index (χ2v) is 5.39. The largest absolute Gasteiger partial charge is 0.368 e. The summed E-state index contributed by atoms with van der Waals surface area (Å²) in [6.45, 7) is 6.02. The predicted molar refractivity (Wildman–Crippen MR) is 83.2 cm³/mol. The van der Waals surface area contributed by atoms with Crippen LogP contribution in [-0.4, -0.2) is 46.3 Å². The van der Waals surface area contributed by atoms with Crippen molar-refractivity contribution in [3.63, 3.8) is 0 Å². The van der Waals surface area contributed by atoms with Gasteiger partial charge in [0.05, 0.1) is 5.69 Å². The van der Waals surface area contributed by atoms with E-state index in [4.69, 9.17) is 5.73 Å². The summed E-state index contributed by atoms with van der Waals surface area (Å²) in [6, 6.07) is 2.48. The first kappa shape index (κ1) is 13.8. The van der Waals surface area contributed by atoms with Gasteiger partial charge in [-0.1, -0.05) is 6.92 Å². The van der Waals surface area contributed by atoms with Crippen LogP contribution in [0.4, 0.5) is 11.8 Å². The third-order valence-electron chi connectivity index (χ3n) is 4.05. The molecule has 7 heteroatoms. The molecule has 1 aliphatic rings. The van der Waals surface area contributed by atoms with E-state index >= 15 is 0 Å². The summed E-state index contributed by atoms with van der Waals surface area (Å²) in [7, 11) is 1.97. The van der Waals surface area contributed by atoms with Crippen LogP contribution in [0.25, 0.3) is 11.4 Å². The molecule has 1 fully saturated rings. The van der Waals surface area contributed by atoms with Gasteiger partial charge in [-0.3, -0.25) is 5.10 Å². The monoisotopic (exact) mass is 287 g/mol. The summed E-state index contributed by atoms with van der Waals surface area (Å²) in [5.41, 5.74) is 9.75. The molecule has 1 saturated heterocycles. The molecule has 3 heterocycles. The maximum Gasteiger partial charge on any atom is 0.222 e. The Hall–Kier alpha value is -2.15. The molecule has 3 rings (SSSR count). The van der Waals surface area contributed by atoms with Crippen molar-refractivity contribution in [2.24, 2.45) is 0 Å². The van der Waals surface area contributed by atoms with Gasteiger partial charge in [-0.2, -0.15) is 10.1 Å². The number of aromatic amines is 1. The normalized spacial score (nSPS) is 15.3. The minimum atomic E-state index is 0.288. The Bertz CT molecular complexity index is 643. The summed E-state index contributed by atoms with van der Waals surface area (Å²) in [5, 5.41) is 10.7. The topological polar surface area (TPSA) is 95.8 Å². The fourth-order valence-electron chi connectivity index (χ4n) is 2.61. The van der Waals surface area contributed by atoms with Crippen LogP contribution >= 0.6 is 0 Å². The lowest BCUT2D eigenvalue weighted by Crippen LogP contribution is -2.57. The van der Waals surface area contributed by atoms with E-state index in [-0.39, 0.29) is 5.95 Å². The molecule has 0 unspecified atom stereocenters. The maximum atomic E-state index is 5.87. The first-order valence-electron chi connectivity index (χ1n) is 7.23. The number of nitrogen functional groups attached to an aromatic ring is 1. The number of hydrogen-bond acceptors (Lipinski definition) is 6. The molecule has 0 atom stereocenters. The Morgan fingerprint density at radius 2 is 2.19 bits per heavy atom. The number of nitrogens with two attached hydrogens (primary N) is 1. The van der Waals surface area contributed by atoms with E-state index in [1.165, 1.54) is 0 Å². The minimum absolute atomic E-state index is 0.288. The summed E-state index contributed by atoms with van der Waals surface area (Å²) in [6.07, 6.45) is 0.919. The Labute approximate surface area is 124 Å². The summed E-state index contributed by atoms with van der Waals surface area (Å²) in [5.74, 6) is 1.15. The Balaban J connectivity index is 1.92. The second kappa shape index (κ2) is 5.33. The van der Waals surface area contributed by atoms with Crippen LogP contribution < -0.4 is 16.0 Å². The van der Waals surface area contributed by atoms with Gasteiger partial charge in [0, 0.05) is 30.9 Å². The smallest absolute Gasteiger partial charge is 0.222 e. The van der Waals surface area contributed by atoms with Crippen molar-refractivity contribution in [3.05, 3.63) is 17.3 Å². The Kier molecular flexibility index (Phi) is 3.50. The van der Waals surface area contributed by atoms with Crippen LogP contribution in [0.5, 0.6) is 0 Å². The highest BCUT2D eigenvalue weighted by atomic mass is 15.3. The molecule has 0 aliphatic carbocycles. The highest BCUT2D eigenvalue weighted by molar-refractivity contribution is 5.65. The number of nitrogens with one attached hydrogen (secondary N) is 2. The minimum Gasteiger partial charge on any atom is -0.368 e. The van der Waals surface area contributed by atoms with Crippen LogP contribution in [-0.2, 0) is 6.42 Å². The van der Waals surface area contributed by atoms with Gasteiger partial charge in [-0.25, -0.2) is 4.98 Å². The lowest BCUT2D eigenvalue weighted by molar-refractivity contribution is 0.447. The van der Waals surface area contributed by atoms with Crippen molar-refractivity contribution in [3.8, 4) is 11.4 Å². The van der Waals surface area contributed by atoms with E-state index in [2.05, 4.69) is 44.2 Å². The maximum absolute atomic E-state index is 5.87. The quantitative estimate of drug-likeness (QED) is 0.767. The molecule has 0 amide bonds. The number of likely N-dealkylation sites (N-methyl/N-ethyl adjacent to an activating group) is 1. The number of aromatic nitrogens is 4. The first-order chi connectivity index (χ1) is 10.1. The van der Waals surface area contributed by atoms with E-state index < -0.39 is 0 Å². The van der Waals surface area contributed by atoms with Gasteiger partial charge >= 0.3 is 0 Å². The fourth-order valence-corrected chi connectivity index (χ4v) is 2.61. The molecule has 0 radical (unpaired) electrons. The summed E-state index contributed by atoms with van der Waals surface area (Å²) < 4.78 is 0. The van der Waals surface area contributed by atoms with Crippen LogP contribution in [0.2, 0.25) is 0 Å². The van der Waals surface area contributed by atoms with Crippen LogP contribution in [0.3, 0.4) is 0 Å². The molecule has 0 aromatic carbocycles. The highest BCUT2D eigenvalue weighted by Gasteiger charge is 2.27. The van der Waals surface area contributed by atoms with Gasteiger partial charge in [0.25, 0.3) is 0 Å². The third kappa shape index (κ3) is 2.44. The van der Waals surface area contributed by atoms with Gasteiger partial charge in [0.2, 0.25) is 5.95 Å². The van der Waals surface area contributed by atoms with Crippen LogP contribution in [0.1, 0.15) is 18.2 Å². The van der Waals surface area contributed by atoms with E-state index in [1.807, 2.05) is 13.1 Å². The molecule has 4 N–H and O–H groups in total. The third-order valence-corrected chi connectivity index (χ3v) is 4.05. The number of rotatable bonds is 4. The predicted octanol–water partition coefficient (Wildman–Crippen LogP) is 0.728. The second-order valence-electron chi connectivity index (χ2n) is 5.39. The zero-order chi connectivity index (χ0) is 15.0. The Morgan fingerprint density at radius 3 is 2.81 bits per heavy atom. The SMILES string of the molecule is CCc1[nH]nc(-c2cc(N3CC(NC)C3)nc(N)n2)c1C. The average molecular weight is 287 g/mol. The zero-order valence-electron chi connectivity index (χ0n) is 12.6. The molecule has 2 aromatic heterocycles. The van der Waals surface area contributed by atoms with Gasteiger partial charge < -0.3 is 16.0 Å². The molecule has 0 bridgehead atoms. The van der Waals surface area contributed by atoms with Gasteiger partial charge in [-0.15, -0.1) is 0 Å². The van der Waals surface area contributed by atoms with Gasteiger partial charge in [0.1, 0.15) is 11.5 Å². The molecule has 0 saturated carbocycles. The van der Waals surface area contributed by atoms with Crippen LogP contribution in [0.15, 0.2) is 6.07 Å². The highest BCUT2D eigenvalue weighted by Crippen LogP contribution is 2.27. The number of H-pyrrole nitrogens is 1. The zero-order valence-corrected chi connectivity index (χ0v) is 12.6. The molecular weight excluding hydrogens is 266 g/mol. The van der Waals surface area contributed by atoms with Crippen molar-refractivity contribution in [1.82, 2.24) is 25.5 Å². The number of nitrogens with zero attached hydrogens (tertiary/aromatic N) is 4. The standard InChI is InChI=1S/C14H21N7/c1-4-10-8(2)13(20-19-10)11-5-12(18-14(15)17-11)21-6-9(7-21)16-3/h5,9,16H,4,6-7H2,1-3H3,(H,19,20)(H2,15,17,18). The van der Waals surface area contributed by atoms with E-state index in [9.17, 15) is 0 Å². The molecule has 7 nitrogen and oxygen atoms in total. The molecule has 2 aromatic rings. The lowest BCUT2D eigenvalue weighted by atomic mass is 10.1. The van der Waals surface area contributed by atoms with Crippen molar-refractivity contribution in [1.29, 1.82) is 0 Å². The molecule has 21 heavy (non-hydrogen) atoms. The van der Waals surface area contributed by atoms with Crippen molar-refractivity contribution in [2.75, 3.05) is 30.8 Å². The molecule has 112 valence electrons. The molecule has 0 spiro atoms. The number of hydrogen-bond donors (Lipinski definition) is 3. The van der Waals surface area contributed by atoms with Crippen molar-refractivity contribution in [2.45, 2.75) is 26.3 Å². The van der Waals surface area contributed by atoms with E-state index in [0.29, 0.717) is 6.04 Å². The van der Waals surface area contributed by atoms with Gasteiger partial charge in [0.15, 0.2) is 0 Å². The summed E-state index contributed by atoms with van der Waals surface area (Å²) >= 11 is 0. The molecule has 1 aliphatic heterocycles. The summed E-state index contributed by atoms with van der Waals surface area (Å²) in [4.78, 5) is 10.9. The van der Waals surface area contributed by atoms with Crippen molar-refractivity contribution < 1.29 is 0 Å². The van der Waals surface area contributed by atoms with Crippen molar-refractivity contribution >= 4 is 11.8 Å². The average Bonchev–Trinajstić information content (AvgIpc) is 2.78. The lowest BCUT2D eigenvalue weighted by Gasteiger charge is -2.40. The number of anilines is 2. The number of aryl methyl sites for hydroxylation is 1. The van der Waals surface area contributed by atoms with Crippen LogP contribution in [0, 0.1) is 6.92 Å². The van der Waals surface area contributed by atoms with Gasteiger partial charge in [-0.05, 0) is 26.0 Å². The fraction of sp³-hybridized carbons (Fsp3) is 0.500. The first-order valence-corrected chi connectivity index (χ1v) is 7.23. The van der Waals surface area contributed by atoms with E-state index in [1.54, 1.807) is 0 Å². The molecular formula is C14H21N7. The van der Waals surface area contributed by atoms with E-state index in [0.717, 1.165) is 48.0 Å². The Morgan fingerprint density at radius 1 is 1.43 bits per heavy atom.